The van der Waals surface area contributed by atoms with E-state index >= 15 is 0 Å². The largest absolute Gasteiger partial charge is 0.508 e. The lowest BCUT2D eigenvalue weighted by Gasteiger charge is -1.93. The average molecular weight is 216 g/mol. The Balaban J connectivity index is 1.82. The van der Waals surface area contributed by atoms with Gasteiger partial charge in [-0.25, -0.2) is 0 Å². The van der Waals surface area contributed by atoms with Gasteiger partial charge in [-0.3, -0.25) is 0 Å². The van der Waals surface area contributed by atoms with Crippen LogP contribution in [0.15, 0.2) is 28.8 Å². The molecule has 1 aliphatic rings. The third kappa shape index (κ3) is 1.91. The fourth-order valence-electron chi connectivity index (χ4n) is 1.63. The Morgan fingerprint density at radius 2 is 2.00 bits per heavy atom. The molecule has 1 aromatic heterocycles. The molecule has 0 atom stereocenters. The molecule has 1 N–H and O–H groups in total. The van der Waals surface area contributed by atoms with Gasteiger partial charge in [0.05, 0.1) is 0 Å². The number of phenolic OH excluding ortho intramolecular Hbond substituents is 1. The predicted octanol–water partition coefficient (Wildman–Crippen LogP) is 2.39. The van der Waals surface area contributed by atoms with Gasteiger partial charge in [0.2, 0.25) is 11.7 Å². The highest BCUT2D eigenvalue weighted by Crippen LogP contribution is 2.32. The zero-order valence-corrected chi connectivity index (χ0v) is 8.76. The first-order valence-electron chi connectivity index (χ1n) is 5.43. The van der Waals surface area contributed by atoms with Crippen LogP contribution in [0, 0.1) is 5.92 Å². The van der Waals surface area contributed by atoms with Crippen LogP contribution in [0.1, 0.15) is 18.7 Å². The number of benzene rings is 1. The molecule has 4 nitrogen and oxygen atoms in total. The molecular weight excluding hydrogens is 204 g/mol. The van der Waals surface area contributed by atoms with Gasteiger partial charge in [0.15, 0.2) is 0 Å². The van der Waals surface area contributed by atoms with E-state index in [9.17, 15) is 5.11 Å². The fourth-order valence-corrected chi connectivity index (χ4v) is 1.63. The van der Waals surface area contributed by atoms with Crippen molar-refractivity contribution in [3.8, 4) is 17.1 Å². The number of aromatic hydroxyl groups is 1. The minimum atomic E-state index is 0.241. The standard InChI is InChI=1S/C12H12N2O2/c15-10-5-3-9(4-6-10)12-13-11(16-14-12)7-8-1-2-8/h3-6,8,15H,1-2,7H2. The van der Waals surface area contributed by atoms with E-state index in [0.717, 1.165) is 17.9 Å². The molecule has 0 unspecified atom stereocenters. The summed E-state index contributed by atoms with van der Waals surface area (Å²) >= 11 is 0. The topological polar surface area (TPSA) is 59.2 Å². The van der Waals surface area contributed by atoms with Gasteiger partial charge in [-0.05, 0) is 43.0 Å². The first-order chi connectivity index (χ1) is 7.81. The molecule has 1 aromatic carbocycles. The van der Waals surface area contributed by atoms with Crippen LogP contribution in [0.25, 0.3) is 11.4 Å². The summed E-state index contributed by atoms with van der Waals surface area (Å²) in [6.45, 7) is 0. The van der Waals surface area contributed by atoms with Crippen molar-refractivity contribution in [3.63, 3.8) is 0 Å². The number of hydrogen-bond donors (Lipinski definition) is 1. The maximum atomic E-state index is 9.17. The summed E-state index contributed by atoms with van der Waals surface area (Å²) < 4.78 is 5.18. The lowest BCUT2D eigenvalue weighted by atomic mass is 10.2. The van der Waals surface area contributed by atoms with Crippen molar-refractivity contribution in [1.29, 1.82) is 0 Å². The molecule has 0 aliphatic heterocycles. The van der Waals surface area contributed by atoms with Gasteiger partial charge in [0, 0.05) is 12.0 Å². The second-order valence-corrected chi connectivity index (χ2v) is 4.21. The van der Waals surface area contributed by atoms with Crippen LogP contribution in [0.2, 0.25) is 0 Å². The molecule has 0 saturated heterocycles. The smallest absolute Gasteiger partial charge is 0.227 e. The minimum absolute atomic E-state index is 0.241. The molecule has 4 heteroatoms. The molecular formula is C12H12N2O2. The normalized spacial score (nSPS) is 15.2. The van der Waals surface area contributed by atoms with Gasteiger partial charge in [-0.2, -0.15) is 4.98 Å². The molecule has 0 amide bonds. The van der Waals surface area contributed by atoms with Crippen molar-refractivity contribution in [2.75, 3.05) is 0 Å². The van der Waals surface area contributed by atoms with E-state index in [1.807, 2.05) is 0 Å². The number of phenols is 1. The van der Waals surface area contributed by atoms with E-state index in [0.29, 0.717) is 11.7 Å². The second-order valence-electron chi connectivity index (χ2n) is 4.21. The molecule has 1 aliphatic carbocycles. The summed E-state index contributed by atoms with van der Waals surface area (Å²) in [5.41, 5.74) is 0.864. The highest BCUT2D eigenvalue weighted by Gasteiger charge is 2.24. The monoisotopic (exact) mass is 216 g/mol. The van der Waals surface area contributed by atoms with Crippen molar-refractivity contribution in [2.24, 2.45) is 5.92 Å². The molecule has 1 saturated carbocycles. The molecule has 3 rings (SSSR count). The lowest BCUT2D eigenvalue weighted by Crippen LogP contribution is -1.86. The molecule has 16 heavy (non-hydrogen) atoms. The summed E-state index contributed by atoms with van der Waals surface area (Å²) in [7, 11) is 0. The number of nitrogens with zero attached hydrogens (tertiary/aromatic N) is 2. The summed E-state index contributed by atoms with van der Waals surface area (Å²) in [6.07, 6.45) is 3.44. The minimum Gasteiger partial charge on any atom is -0.508 e. The zero-order chi connectivity index (χ0) is 11.0. The van der Waals surface area contributed by atoms with Crippen molar-refractivity contribution in [3.05, 3.63) is 30.2 Å². The number of aromatic nitrogens is 2. The number of rotatable bonds is 3. The molecule has 1 heterocycles. The SMILES string of the molecule is Oc1ccc(-c2noc(CC3CC3)n2)cc1. The quantitative estimate of drug-likeness (QED) is 0.855. The van der Waals surface area contributed by atoms with Crippen LogP contribution in [0.5, 0.6) is 5.75 Å². The van der Waals surface area contributed by atoms with Gasteiger partial charge in [-0.15, -0.1) is 0 Å². The van der Waals surface area contributed by atoms with Crippen LogP contribution in [-0.4, -0.2) is 15.2 Å². The van der Waals surface area contributed by atoms with E-state index in [1.165, 1.54) is 12.8 Å². The van der Waals surface area contributed by atoms with Crippen LogP contribution in [0.3, 0.4) is 0 Å². The summed E-state index contributed by atoms with van der Waals surface area (Å²) in [6, 6.07) is 6.79. The van der Waals surface area contributed by atoms with E-state index in [1.54, 1.807) is 24.3 Å². The maximum absolute atomic E-state index is 9.17. The van der Waals surface area contributed by atoms with Gasteiger partial charge in [0.25, 0.3) is 0 Å². The van der Waals surface area contributed by atoms with Crippen LogP contribution >= 0.6 is 0 Å². The molecule has 0 spiro atoms. The first-order valence-corrected chi connectivity index (χ1v) is 5.43. The van der Waals surface area contributed by atoms with Gasteiger partial charge >= 0.3 is 0 Å². The highest BCUT2D eigenvalue weighted by atomic mass is 16.5. The summed E-state index contributed by atoms with van der Waals surface area (Å²) in [4.78, 5) is 4.33. The van der Waals surface area contributed by atoms with E-state index in [-0.39, 0.29) is 5.75 Å². The summed E-state index contributed by atoms with van der Waals surface area (Å²) in [5, 5.41) is 13.1. The molecule has 0 bridgehead atoms. The third-order valence-electron chi connectivity index (χ3n) is 2.75. The Bertz CT molecular complexity index is 486. The summed E-state index contributed by atoms with van der Waals surface area (Å²) in [5.74, 6) is 2.29. The van der Waals surface area contributed by atoms with Gasteiger partial charge in [-0.1, -0.05) is 5.16 Å². The van der Waals surface area contributed by atoms with Crippen LogP contribution in [0.4, 0.5) is 0 Å². The fraction of sp³-hybridized carbons (Fsp3) is 0.333. The first kappa shape index (κ1) is 9.39. The Morgan fingerprint density at radius 1 is 1.25 bits per heavy atom. The van der Waals surface area contributed by atoms with Crippen LogP contribution in [-0.2, 0) is 6.42 Å². The van der Waals surface area contributed by atoms with E-state index < -0.39 is 0 Å². The maximum Gasteiger partial charge on any atom is 0.227 e. The van der Waals surface area contributed by atoms with Gasteiger partial charge in [0.1, 0.15) is 5.75 Å². The molecule has 0 radical (unpaired) electrons. The van der Waals surface area contributed by atoms with Crippen molar-refractivity contribution in [2.45, 2.75) is 19.3 Å². The lowest BCUT2D eigenvalue weighted by molar-refractivity contribution is 0.373. The average Bonchev–Trinajstić information content (AvgIpc) is 2.97. The van der Waals surface area contributed by atoms with Crippen molar-refractivity contribution < 1.29 is 9.63 Å². The van der Waals surface area contributed by atoms with Crippen LogP contribution < -0.4 is 0 Å². The van der Waals surface area contributed by atoms with Crippen molar-refractivity contribution >= 4 is 0 Å². The highest BCUT2D eigenvalue weighted by molar-refractivity contribution is 5.55. The Labute approximate surface area is 92.9 Å². The Hall–Kier alpha value is -1.84. The molecule has 82 valence electrons. The Morgan fingerprint density at radius 3 is 2.69 bits per heavy atom. The van der Waals surface area contributed by atoms with Gasteiger partial charge < -0.3 is 9.63 Å². The Kier molecular flexibility index (Phi) is 2.13. The predicted molar refractivity (Wildman–Crippen MR) is 57.8 cm³/mol. The number of hydrogen-bond acceptors (Lipinski definition) is 4. The van der Waals surface area contributed by atoms with Crippen molar-refractivity contribution in [1.82, 2.24) is 10.1 Å². The molecule has 2 aromatic rings. The van der Waals surface area contributed by atoms with E-state index in [2.05, 4.69) is 10.1 Å². The van der Waals surface area contributed by atoms with E-state index in [4.69, 9.17) is 4.52 Å². The zero-order valence-electron chi connectivity index (χ0n) is 8.76. The molecule has 1 fully saturated rings. The third-order valence-corrected chi connectivity index (χ3v) is 2.75. The second kappa shape index (κ2) is 3.63.